The van der Waals surface area contributed by atoms with Gasteiger partial charge in [0.05, 0.1) is 6.04 Å². The molecule has 1 fully saturated rings. The Labute approximate surface area is 99.2 Å². The van der Waals surface area contributed by atoms with Gasteiger partial charge in [-0.05, 0) is 37.0 Å². The van der Waals surface area contributed by atoms with Crippen LogP contribution >= 0.6 is 0 Å². The van der Waals surface area contributed by atoms with E-state index in [9.17, 15) is 4.79 Å². The second-order valence-corrected chi connectivity index (χ2v) is 5.79. The Hall–Kier alpha value is -0.570. The third kappa shape index (κ3) is 3.48. The fourth-order valence-corrected chi connectivity index (χ4v) is 2.75. The second kappa shape index (κ2) is 5.67. The van der Waals surface area contributed by atoms with Gasteiger partial charge in [0.25, 0.3) is 0 Å². The zero-order valence-corrected chi connectivity index (χ0v) is 11.0. The molecule has 1 aliphatic carbocycles. The minimum atomic E-state index is -0.221. The topological polar surface area (TPSA) is 55.1 Å². The number of nitrogens with one attached hydrogen (secondary N) is 1. The smallest absolute Gasteiger partial charge is 0.234 e. The summed E-state index contributed by atoms with van der Waals surface area (Å²) in [6.45, 7) is 8.66. The monoisotopic (exact) mass is 226 g/mol. The average Bonchev–Trinajstić information content (AvgIpc) is 2.15. The van der Waals surface area contributed by atoms with Gasteiger partial charge in [-0.25, -0.2) is 0 Å². The van der Waals surface area contributed by atoms with Crippen molar-refractivity contribution in [3.63, 3.8) is 0 Å². The highest BCUT2D eigenvalue weighted by Gasteiger charge is 2.29. The molecule has 3 nitrogen and oxygen atoms in total. The first-order chi connectivity index (χ1) is 7.41. The van der Waals surface area contributed by atoms with Gasteiger partial charge in [0.2, 0.25) is 5.91 Å². The molecule has 1 rings (SSSR count). The van der Waals surface area contributed by atoms with E-state index in [4.69, 9.17) is 5.73 Å². The van der Waals surface area contributed by atoms with Crippen LogP contribution in [0.3, 0.4) is 0 Å². The molecule has 0 radical (unpaired) electrons. The van der Waals surface area contributed by atoms with Gasteiger partial charge in [-0.3, -0.25) is 4.79 Å². The van der Waals surface area contributed by atoms with Crippen LogP contribution in [0.15, 0.2) is 0 Å². The van der Waals surface area contributed by atoms with Crippen LogP contribution in [0.25, 0.3) is 0 Å². The first kappa shape index (κ1) is 13.5. The molecule has 4 unspecified atom stereocenters. The van der Waals surface area contributed by atoms with Crippen LogP contribution in [0, 0.1) is 17.8 Å². The Kier molecular flexibility index (Phi) is 4.78. The maximum atomic E-state index is 11.3. The molecular formula is C13H26N2O. The highest BCUT2D eigenvalue weighted by Crippen LogP contribution is 2.29. The molecule has 4 atom stereocenters. The predicted octanol–water partition coefficient (Wildman–Crippen LogP) is 1.91. The molecular weight excluding hydrogens is 200 g/mol. The van der Waals surface area contributed by atoms with Crippen LogP contribution in [0.2, 0.25) is 0 Å². The number of nitrogens with two attached hydrogens (primary N) is 1. The van der Waals surface area contributed by atoms with Gasteiger partial charge in [-0.15, -0.1) is 0 Å². The summed E-state index contributed by atoms with van der Waals surface area (Å²) in [6, 6.07) is 0.275. The van der Waals surface area contributed by atoms with Crippen LogP contribution in [-0.4, -0.2) is 18.0 Å². The highest BCUT2D eigenvalue weighted by atomic mass is 16.1. The molecule has 0 saturated heterocycles. The van der Waals surface area contributed by atoms with Crippen molar-refractivity contribution in [2.24, 2.45) is 23.5 Å². The average molecular weight is 226 g/mol. The van der Waals surface area contributed by atoms with Crippen molar-refractivity contribution in [1.29, 1.82) is 0 Å². The first-order valence-corrected chi connectivity index (χ1v) is 6.47. The largest absolute Gasteiger partial charge is 0.368 e. The van der Waals surface area contributed by atoms with Gasteiger partial charge in [-0.2, -0.15) is 0 Å². The number of hydrogen-bond donors (Lipinski definition) is 2. The lowest BCUT2D eigenvalue weighted by atomic mass is 9.79. The molecule has 94 valence electrons. The summed E-state index contributed by atoms with van der Waals surface area (Å²) in [5, 5.41) is 3.45. The van der Waals surface area contributed by atoms with Gasteiger partial charge < -0.3 is 11.1 Å². The third-order valence-electron chi connectivity index (χ3n) is 3.80. The molecule has 0 bridgehead atoms. The van der Waals surface area contributed by atoms with Crippen molar-refractivity contribution in [2.75, 3.05) is 0 Å². The van der Waals surface area contributed by atoms with Crippen LogP contribution < -0.4 is 11.1 Å². The number of amides is 1. The van der Waals surface area contributed by atoms with Crippen LogP contribution in [0.1, 0.15) is 47.0 Å². The molecule has 0 spiro atoms. The van der Waals surface area contributed by atoms with Crippen molar-refractivity contribution in [3.8, 4) is 0 Å². The Bertz CT molecular complexity index is 240. The van der Waals surface area contributed by atoms with Gasteiger partial charge in [0, 0.05) is 6.04 Å². The lowest BCUT2D eigenvalue weighted by Crippen LogP contribution is -2.52. The van der Waals surface area contributed by atoms with Crippen LogP contribution in [0.5, 0.6) is 0 Å². The van der Waals surface area contributed by atoms with E-state index in [0.717, 1.165) is 5.92 Å². The number of primary amides is 1. The van der Waals surface area contributed by atoms with Gasteiger partial charge in [0.1, 0.15) is 0 Å². The van der Waals surface area contributed by atoms with Crippen molar-refractivity contribution in [1.82, 2.24) is 5.32 Å². The van der Waals surface area contributed by atoms with Gasteiger partial charge in [0.15, 0.2) is 0 Å². The Morgan fingerprint density at radius 1 is 1.31 bits per heavy atom. The fraction of sp³-hybridized carbons (Fsp3) is 0.923. The summed E-state index contributed by atoms with van der Waals surface area (Å²) in [6.07, 6.45) is 3.67. The SMILES string of the molecule is CC1CCC(NC(C(N)=O)C(C)C)C(C)C1. The fourth-order valence-electron chi connectivity index (χ4n) is 2.75. The quantitative estimate of drug-likeness (QED) is 0.769. The van der Waals surface area contributed by atoms with Crippen LogP contribution in [-0.2, 0) is 4.79 Å². The third-order valence-corrected chi connectivity index (χ3v) is 3.80. The van der Waals surface area contributed by atoms with Gasteiger partial charge in [-0.1, -0.05) is 27.7 Å². The molecule has 1 aliphatic rings. The molecule has 0 aromatic rings. The lowest BCUT2D eigenvalue weighted by molar-refractivity contribution is -0.121. The Morgan fingerprint density at radius 3 is 2.38 bits per heavy atom. The minimum absolute atomic E-state index is 0.180. The zero-order valence-electron chi connectivity index (χ0n) is 11.0. The standard InChI is InChI=1S/C13H26N2O/c1-8(2)12(13(14)16)15-11-6-5-9(3)7-10(11)4/h8-12,15H,5-7H2,1-4H3,(H2,14,16). The van der Waals surface area contributed by atoms with E-state index in [-0.39, 0.29) is 17.9 Å². The van der Waals surface area contributed by atoms with E-state index < -0.39 is 0 Å². The molecule has 1 amide bonds. The van der Waals surface area contributed by atoms with E-state index >= 15 is 0 Å². The second-order valence-electron chi connectivity index (χ2n) is 5.79. The predicted molar refractivity (Wildman–Crippen MR) is 66.9 cm³/mol. The van der Waals surface area contributed by atoms with E-state index in [1.54, 1.807) is 0 Å². The maximum Gasteiger partial charge on any atom is 0.234 e. The molecule has 3 heteroatoms. The lowest BCUT2D eigenvalue weighted by Gasteiger charge is -2.36. The van der Waals surface area contributed by atoms with Crippen molar-refractivity contribution in [3.05, 3.63) is 0 Å². The number of carbonyl (C=O) groups excluding carboxylic acids is 1. The molecule has 0 aliphatic heterocycles. The van der Waals surface area contributed by atoms with E-state index in [2.05, 4.69) is 19.2 Å². The summed E-state index contributed by atoms with van der Waals surface area (Å²) < 4.78 is 0. The summed E-state index contributed by atoms with van der Waals surface area (Å²) in [5.74, 6) is 1.51. The Morgan fingerprint density at radius 2 is 1.94 bits per heavy atom. The zero-order chi connectivity index (χ0) is 12.3. The van der Waals surface area contributed by atoms with E-state index in [0.29, 0.717) is 12.0 Å². The summed E-state index contributed by atoms with van der Waals surface area (Å²) in [5.41, 5.74) is 5.43. The summed E-state index contributed by atoms with van der Waals surface area (Å²) in [7, 11) is 0. The number of carbonyl (C=O) groups is 1. The van der Waals surface area contributed by atoms with E-state index in [1.165, 1.54) is 19.3 Å². The molecule has 0 aromatic heterocycles. The van der Waals surface area contributed by atoms with Crippen molar-refractivity contribution in [2.45, 2.75) is 59.0 Å². The molecule has 3 N–H and O–H groups in total. The van der Waals surface area contributed by atoms with E-state index in [1.807, 2.05) is 13.8 Å². The molecule has 1 saturated carbocycles. The Balaban J connectivity index is 2.54. The molecule has 16 heavy (non-hydrogen) atoms. The first-order valence-electron chi connectivity index (χ1n) is 6.47. The maximum absolute atomic E-state index is 11.3. The number of hydrogen-bond acceptors (Lipinski definition) is 2. The summed E-state index contributed by atoms with van der Waals surface area (Å²) in [4.78, 5) is 11.3. The molecule has 0 heterocycles. The highest BCUT2D eigenvalue weighted by molar-refractivity contribution is 5.80. The normalized spacial score (nSPS) is 32.7. The van der Waals surface area contributed by atoms with Gasteiger partial charge >= 0.3 is 0 Å². The summed E-state index contributed by atoms with van der Waals surface area (Å²) >= 11 is 0. The molecule has 0 aromatic carbocycles. The van der Waals surface area contributed by atoms with Crippen molar-refractivity contribution >= 4 is 5.91 Å². The van der Waals surface area contributed by atoms with Crippen LogP contribution in [0.4, 0.5) is 0 Å². The minimum Gasteiger partial charge on any atom is -0.368 e. The van der Waals surface area contributed by atoms with Crippen molar-refractivity contribution < 1.29 is 4.79 Å². The number of rotatable bonds is 4.